The predicted molar refractivity (Wildman–Crippen MR) is 89.4 cm³/mol. The van der Waals surface area contributed by atoms with Crippen LogP contribution < -0.4 is 5.32 Å². The van der Waals surface area contributed by atoms with Gasteiger partial charge in [0.25, 0.3) is 0 Å². The zero-order valence-corrected chi connectivity index (χ0v) is 13.9. The lowest BCUT2D eigenvalue weighted by Crippen LogP contribution is -2.31. The number of rotatable bonds is 3. The van der Waals surface area contributed by atoms with Crippen LogP contribution in [0.4, 0.5) is 5.69 Å². The van der Waals surface area contributed by atoms with Gasteiger partial charge in [-0.15, -0.1) is 0 Å². The summed E-state index contributed by atoms with van der Waals surface area (Å²) in [6, 6.07) is 9.60. The molecule has 1 saturated carbocycles. The van der Waals surface area contributed by atoms with Crippen LogP contribution in [0.5, 0.6) is 0 Å². The molecular weight excluding hydrogens is 242 g/mol. The lowest BCUT2D eigenvalue weighted by molar-refractivity contribution is 0.173. The van der Waals surface area contributed by atoms with Crippen LogP contribution in [0, 0.1) is 11.3 Å². The summed E-state index contributed by atoms with van der Waals surface area (Å²) in [6.45, 7) is 11.7. The molecule has 20 heavy (non-hydrogen) atoms. The van der Waals surface area contributed by atoms with E-state index in [0.29, 0.717) is 17.4 Å². The standard InChI is InChI=1S/C19H31N/c1-14(2)15-7-6-8-18(13-15)20-17-11-9-16(10-12-17)19(3,4)5/h6-8,13-14,16-17,20H,9-12H2,1-5H3. The summed E-state index contributed by atoms with van der Waals surface area (Å²) in [5.74, 6) is 1.50. The number of nitrogens with one attached hydrogen (secondary N) is 1. The van der Waals surface area contributed by atoms with Gasteiger partial charge in [0.15, 0.2) is 0 Å². The SMILES string of the molecule is CC(C)c1cccc(NC2CCC(C(C)(C)C)CC2)c1. The van der Waals surface area contributed by atoms with Gasteiger partial charge in [-0.25, -0.2) is 0 Å². The maximum atomic E-state index is 3.75. The minimum atomic E-state index is 0.475. The van der Waals surface area contributed by atoms with Crippen molar-refractivity contribution in [2.75, 3.05) is 5.32 Å². The Labute approximate surface area is 125 Å². The quantitative estimate of drug-likeness (QED) is 0.731. The summed E-state index contributed by atoms with van der Waals surface area (Å²) in [5, 5.41) is 3.75. The Balaban J connectivity index is 1.91. The van der Waals surface area contributed by atoms with Gasteiger partial charge in [-0.1, -0.05) is 46.8 Å². The molecule has 1 fully saturated rings. The maximum Gasteiger partial charge on any atom is 0.0345 e. The summed E-state index contributed by atoms with van der Waals surface area (Å²) in [5.41, 5.74) is 3.21. The van der Waals surface area contributed by atoms with E-state index in [0.717, 1.165) is 5.92 Å². The maximum absolute atomic E-state index is 3.75. The van der Waals surface area contributed by atoms with Gasteiger partial charge >= 0.3 is 0 Å². The third kappa shape index (κ3) is 4.01. The van der Waals surface area contributed by atoms with Crippen molar-refractivity contribution < 1.29 is 0 Å². The number of hydrogen-bond donors (Lipinski definition) is 1. The van der Waals surface area contributed by atoms with Gasteiger partial charge in [-0.05, 0) is 60.6 Å². The van der Waals surface area contributed by atoms with E-state index in [1.54, 1.807) is 0 Å². The molecule has 0 saturated heterocycles. The molecule has 0 bridgehead atoms. The van der Waals surface area contributed by atoms with Crippen molar-refractivity contribution >= 4 is 5.69 Å². The summed E-state index contributed by atoms with van der Waals surface area (Å²) >= 11 is 0. The Morgan fingerprint density at radius 2 is 1.70 bits per heavy atom. The van der Waals surface area contributed by atoms with Crippen LogP contribution in [0.15, 0.2) is 24.3 Å². The number of anilines is 1. The zero-order valence-electron chi connectivity index (χ0n) is 13.9. The van der Waals surface area contributed by atoms with Crippen molar-refractivity contribution in [3.63, 3.8) is 0 Å². The predicted octanol–water partition coefficient (Wildman–Crippen LogP) is 5.83. The molecule has 2 rings (SSSR count). The van der Waals surface area contributed by atoms with E-state index in [2.05, 4.69) is 64.2 Å². The summed E-state index contributed by atoms with van der Waals surface area (Å²) in [7, 11) is 0. The fourth-order valence-corrected chi connectivity index (χ4v) is 3.33. The molecule has 112 valence electrons. The van der Waals surface area contributed by atoms with E-state index in [9.17, 15) is 0 Å². The Morgan fingerprint density at radius 1 is 1.05 bits per heavy atom. The van der Waals surface area contributed by atoms with E-state index < -0.39 is 0 Å². The number of hydrogen-bond acceptors (Lipinski definition) is 1. The Morgan fingerprint density at radius 3 is 2.25 bits per heavy atom. The van der Waals surface area contributed by atoms with Gasteiger partial charge in [0, 0.05) is 11.7 Å². The lowest BCUT2D eigenvalue weighted by atomic mass is 9.71. The van der Waals surface area contributed by atoms with Crippen molar-refractivity contribution in [1.82, 2.24) is 0 Å². The third-order valence-electron chi connectivity index (χ3n) is 4.88. The van der Waals surface area contributed by atoms with Gasteiger partial charge in [-0.2, -0.15) is 0 Å². The second kappa shape index (κ2) is 6.20. The number of benzene rings is 1. The summed E-state index contributed by atoms with van der Waals surface area (Å²) < 4.78 is 0. The van der Waals surface area contributed by atoms with Crippen LogP contribution in [0.3, 0.4) is 0 Å². The largest absolute Gasteiger partial charge is 0.382 e. The van der Waals surface area contributed by atoms with E-state index in [1.807, 2.05) is 0 Å². The van der Waals surface area contributed by atoms with Gasteiger partial charge in [0.2, 0.25) is 0 Å². The molecule has 1 aromatic rings. The molecule has 0 atom stereocenters. The zero-order chi connectivity index (χ0) is 14.8. The third-order valence-corrected chi connectivity index (χ3v) is 4.88. The van der Waals surface area contributed by atoms with Crippen molar-refractivity contribution in [3.05, 3.63) is 29.8 Å². The van der Waals surface area contributed by atoms with E-state index in [-0.39, 0.29) is 0 Å². The molecule has 1 aromatic carbocycles. The van der Waals surface area contributed by atoms with E-state index >= 15 is 0 Å². The average molecular weight is 273 g/mol. The summed E-state index contributed by atoms with van der Waals surface area (Å²) in [6.07, 6.45) is 5.36. The van der Waals surface area contributed by atoms with Crippen LogP contribution in [0.2, 0.25) is 0 Å². The van der Waals surface area contributed by atoms with Crippen molar-refractivity contribution in [1.29, 1.82) is 0 Å². The minimum Gasteiger partial charge on any atom is -0.382 e. The molecule has 1 heteroatoms. The van der Waals surface area contributed by atoms with Crippen LogP contribution in [0.1, 0.15) is 71.8 Å². The highest BCUT2D eigenvalue weighted by molar-refractivity contribution is 5.47. The second-order valence-corrected chi connectivity index (χ2v) is 7.84. The van der Waals surface area contributed by atoms with Crippen LogP contribution >= 0.6 is 0 Å². The Kier molecular flexibility index (Phi) is 4.78. The molecule has 0 aliphatic heterocycles. The molecule has 0 spiro atoms. The monoisotopic (exact) mass is 273 g/mol. The van der Waals surface area contributed by atoms with Crippen molar-refractivity contribution in [3.8, 4) is 0 Å². The molecule has 0 amide bonds. The lowest BCUT2D eigenvalue weighted by Gasteiger charge is -2.37. The second-order valence-electron chi connectivity index (χ2n) is 7.84. The van der Waals surface area contributed by atoms with Crippen molar-refractivity contribution in [2.45, 2.75) is 72.3 Å². The smallest absolute Gasteiger partial charge is 0.0345 e. The first-order chi connectivity index (χ1) is 9.36. The molecule has 1 N–H and O–H groups in total. The average Bonchev–Trinajstić information content (AvgIpc) is 2.38. The van der Waals surface area contributed by atoms with Gasteiger partial charge < -0.3 is 5.32 Å². The van der Waals surface area contributed by atoms with Crippen LogP contribution in [-0.4, -0.2) is 6.04 Å². The first kappa shape index (κ1) is 15.4. The normalized spacial score (nSPS) is 23.9. The first-order valence-electron chi connectivity index (χ1n) is 8.23. The van der Waals surface area contributed by atoms with Gasteiger partial charge in [0.1, 0.15) is 0 Å². The molecule has 1 aliphatic rings. The minimum absolute atomic E-state index is 0.475. The topological polar surface area (TPSA) is 12.0 Å². The fourth-order valence-electron chi connectivity index (χ4n) is 3.33. The summed E-state index contributed by atoms with van der Waals surface area (Å²) in [4.78, 5) is 0. The molecule has 0 radical (unpaired) electrons. The van der Waals surface area contributed by atoms with Crippen LogP contribution in [-0.2, 0) is 0 Å². The van der Waals surface area contributed by atoms with E-state index in [4.69, 9.17) is 0 Å². The highest BCUT2D eigenvalue weighted by Crippen LogP contribution is 2.38. The molecule has 0 unspecified atom stereocenters. The van der Waals surface area contributed by atoms with Crippen molar-refractivity contribution in [2.24, 2.45) is 11.3 Å². The van der Waals surface area contributed by atoms with Gasteiger partial charge in [0.05, 0.1) is 0 Å². The van der Waals surface area contributed by atoms with E-state index in [1.165, 1.54) is 36.9 Å². The highest BCUT2D eigenvalue weighted by Gasteiger charge is 2.29. The molecule has 0 aromatic heterocycles. The molecular formula is C19H31N. The fraction of sp³-hybridized carbons (Fsp3) is 0.684. The first-order valence-corrected chi connectivity index (χ1v) is 8.23. The molecule has 1 aliphatic carbocycles. The van der Waals surface area contributed by atoms with Gasteiger partial charge in [-0.3, -0.25) is 0 Å². The molecule has 0 heterocycles. The molecule has 1 nitrogen and oxygen atoms in total. The highest BCUT2D eigenvalue weighted by atomic mass is 14.9. The Bertz CT molecular complexity index is 420. The Hall–Kier alpha value is -0.980. The van der Waals surface area contributed by atoms with Crippen LogP contribution in [0.25, 0.3) is 0 Å².